The molecule has 0 aromatic heterocycles. The molecule has 1 saturated heterocycles. The van der Waals surface area contributed by atoms with Gasteiger partial charge in [0.2, 0.25) is 5.91 Å². The molecule has 1 rings (SSSR count). The van der Waals surface area contributed by atoms with Gasteiger partial charge in [0.05, 0.1) is 31.3 Å². The predicted octanol–water partition coefficient (Wildman–Crippen LogP) is -1.36. The van der Waals surface area contributed by atoms with Crippen molar-refractivity contribution in [3.8, 4) is 0 Å². The van der Waals surface area contributed by atoms with Crippen molar-refractivity contribution in [1.29, 1.82) is 0 Å². The van der Waals surface area contributed by atoms with Gasteiger partial charge in [-0.25, -0.2) is 8.42 Å². The molecule has 0 unspecified atom stereocenters. The quantitative estimate of drug-likeness (QED) is 0.652. The zero-order valence-electron chi connectivity index (χ0n) is 9.09. The number of rotatable bonds is 5. The van der Waals surface area contributed by atoms with E-state index >= 15 is 0 Å². The minimum atomic E-state index is -3.29. The van der Waals surface area contributed by atoms with Crippen LogP contribution in [0.1, 0.15) is 6.42 Å². The number of ether oxygens (including phenoxy) is 1. The average molecular weight is 251 g/mol. The first kappa shape index (κ1) is 13.4. The molecule has 0 aromatic carbocycles. The predicted molar refractivity (Wildman–Crippen MR) is 57.8 cm³/mol. The minimum absolute atomic E-state index is 0.0116. The fourth-order valence-electron chi connectivity index (χ4n) is 1.45. The lowest BCUT2D eigenvalue weighted by Crippen LogP contribution is -2.41. The molecule has 0 aromatic rings. The van der Waals surface area contributed by atoms with Crippen LogP contribution in [0.15, 0.2) is 0 Å². The molecule has 1 heterocycles. The van der Waals surface area contributed by atoms with E-state index in [4.69, 9.17) is 9.84 Å². The zero-order valence-corrected chi connectivity index (χ0v) is 9.91. The number of sulfone groups is 1. The summed E-state index contributed by atoms with van der Waals surface area (Å²) in [5.74, 6) is -0.627. The van der Waals surface area contributed by atoms with Crippen LogP contribution in [-0.2, 0) is 19.4 Å². The number of hydrogen-bond donors (Lipinski definition) is 1. The minimum Gasteiger partial charge on any atom is -0.395 e. The van der Waals surface area contributed by atoms with Crippen LogP contribution in [-0.4, -0.2) is 68.7 Å². The van der Waals surface area contributed by atoms with E-state index in [-0.39, 0.29) is 23.8 Å². The molecule has 6 nitrogen and oxygen atoms in total. The van der Waals surface area contributed by atoms with Crippen LogP contribution in [0.2, 0.25) is 0 Å². The SMILES string of the molecule is O=C(CCS(=O)(=O)CCO)N1CCOCC1. The van der Waals surface area contributed by atoms with Crippen molar-refractivity contribution in [2.45, 2.75) is 6.42 Å². The van der Waals surface area contributed by atoms with E-state index in [1.807, 2.05) is 0 Å². The van der Waals surface area contributed by atoms with Crippen molar-refractivity contribution in [2.75, 3.05) is 44.4 Å². The number of aliphatic hydroxyl groups excluding tert-OH is 1. The van der Waals surface area contributed by atoms with Crippen LogP contribution in [0, 0.1) is 0 Å². The van der Waals surface area contributed by atoms with Gasteiger partial charge in [-0.1, -0.05) is 0 Å². The van der Waals surface area contributed by atoms with Gasteiger partial charge in [0.15, 0.2) is 9.84 Å². The Labute approximate surface area is 95.1 Å². The van der Waals surface area contributed by atoms with E-state index < -0.39 is 16.4 Å². The summed E-state index contributed by atoms with van der Waals surface area (Å²) in [5.41, 5.74) is 0. The Hall–Kier alpha value is -0.660. The Morgan fingerprint density at radius 2 is 1.88 bits per heavy atom. The van der Waals surface area contributed by atoms with E-state index in [1.165, 1.54) is 0 Å². The first-order chi connectivity index (χ1) is 7.55. The zero-order chi connectivity index (χ0) is 12.0. The largest absolute Gasteiger partial charge is 0.395 e. The van der Waals surface area contributed by atoms with Crippen LogP contribution in [0.25, 0.3) is 0 Å². The van der Waals surface area contributed by atoms with Crippen LogP contribution in [0.5, 0.6) is 0 Å². The monoisotopic (exact) mass is 251 g/mol. The summed E-state index contributed by atoms with van der Waals surface area (Å²) in [7, 11) is -3.29. The van der Waals surface area contributed by atoms with Crippen molar-refractivity contribution < 1.29 is 23.1 Å². The van der Waals surface area contributed by atoms with Crippen LogP contribution in [0.3, 0.4) is 0 Å². The number of nitrogens with zero attached hydrogens (tertiary/aromatic N) is 1. The van der Waals surface area contributed by atoms with Crippen molar-refractivity contribution in [3.05, 3.63) is 0 Å². The molecule has 0 spiro atoms. The smallest absolute Gasteiger partial charge is 0.223 e. The number of carbonyl (C=O) groups excluding carboxylic acids is 1. The van der Waals surface area contributed by atoms with Gasteiger partial charge in [0, 0.05) is 19.5 Å². The van der Waals surface area contributed by atoms with E-state index in [2.05, 4.69) is 0 Å². The Bertz CT molecular complexity index is 321. The van der Waals surface area contributed by atoms with Gasteiger partial charge in [0.1, 0.15) is 0 Å². The molecular formula is C9H17NO5S. The molecule has 1 amide bonds. The van der Waals surface area contributed by atoms with E-state index in [0.29, 0.717) is 26.3 Å². The molecule has 7 heteroatoms. The Morgan fingerprint density at radius 3 is 2.44 bits per heavy atom. The molecule has 1 aliphatic rings. The van der Waals surface area contributed by atoms with Gasteiger partial charge >= 0.3 is 0 Å². The van der Waals surface area contributed by atoms with E-state index in [9.17, 15) is 13.2 Å². The highest BCUT2D eigenvalue weighted by Crippen LogP contribution is 2.02. The highest BCUT2D eigenvalue weighted by atomic mass is 32.2. The highest BCUT2D eigenvalue weighted by Gasteiger charge is 2.19. The fourth-order valence-corrected chi connectivity index (χ4v) is 2.42. The van der Waals surface area contributed by atoms with Crippen molar-refractivity contribution in [2.24, 2.45) is 0 Å². The summed E-state index contributed by atoms with van der Waals surface area (Å²) >= 11 is 0. The molecule has 94 valence electrons. The standard InChI is InChI=1S/C9H17NO5S/c11-4-8-16(13,14)7-1-9(12)10-2-5-15-6-3-10/h11H,1-8H2. The molecule has 1 aliphatic heterocycles. The maximum absolute atomic E-state index is 11.6. The van der Waals surface area contributed by atoms with Crippen LogP contribution < -0.4 is 0 Å². The van der Waals surface area contributed by atoms with Gasteiger partial charge in [-0.3, -0.25) is 4.79 Å². The summed E-state index contributed by atoms with van der Waals surface area (Å²) in [4.78, 5) is 13.2. The summed E-state index contributed by atoms with van der Waals surface area (Å²) in [6.07, 6.45) is -0.0116. The second kappa shape index (κ2) is 6.17. The van der Waals surface area contributed by atoms with Crippen molar-refractivity contribution >= 4 is 15.7 Å². The summed E-state index contributed by atoms with van der Waals surface area (Å²) in [6, 6.07) is 0. The lowest BCUT2D eigenvalue weighted by Gasteiger charge is -2.26. The maximum Gasteiger partial charge on any atom is 0.223 e. The third-order valence-electron chi connectivity index (χ3n) is 2.39. The molecule has 1 N–H and O–H groups in total. The van der Waals surface area contributed by atoms with Gasteiger partial charge in [-0.05, 0) is 0 Å². The Morgan fingerprint density at radius 1 is 1.25 bits per heavy atom. The number of amides is 1. The summed E-state index contributed by atoms with van der Waals surface area (Å²) in [5, 5.41) is 8.52. The van der Waals surface area contributed by atoms with Crippen LogP contribution in [0.4, 0.5) is 0 Å². The average Bonchev–Trinajstić information content (AvgIpc) is 2.27. The van der Waals surface area contributed by atoms with Gasteiger partial charge in [-0.2, -0.15) is 0 Å². The van der Waals surface area contributed by atoms with E-state index in [0.717, 1.165) is 0 Å². The highest BCUT2D eigenvalue weighted by molar-refractivity contribution is 7.91. The lowest BCUT2D eigenvalue weighted by atomic mass is 10.3. The first-order valence-electron chi connectivity index (χ1n) is 5.22. The third kappa shape index (κ3) is 4.46. The number of carbonyl (C=O) groups is 1. The van der Waals surface area contributed by atoms with Gasteiger partial charge in [0.25, 0.3) is 0 Å². The first-order valence-corrected chi connectivity index (χ1v) is 7.04. The fraction of sp³-hybridized carbons (Fsp3) is 0.889. The Balaban J connectivity index is 2.34. The van der Waals surface area contributed by atoms with Crippen LogP contribution >= 0.6 is 0 Å². The van der Waals surface area contributed by atoms with Crippen molar-refractivity contribution in [1.82, 2.24) is 4.90 Å². The third-order valence-corrected chi connectivity index (χ3v) is 4.02. The Kier molecular flexibility index (Phi) is 5.17. The topological polar surface area (TPSA) is 83.9 Å². The maximum atomic E-state index is 11.6. The second-order valence-corrected chi connectivity index (χ2v) is 5.92. The number of aliphatic hydroxyl groups is 1. The molecule has 0 aliphatic carbocycles. The molecule has 16 heavy (non-hydrogen) atoms. The normalized spacial score (nSPS) is 17.4. The molecule has 1 fully saturated rings. The second-order valence-electron chi connectivity index (χ2n) is 3.62. The molecule has 0 saturated carbocycles. The summed E-state index contributed by atoms with van der Waals surface area (Å²) < 4.78 is 27.6. The van der Waals surface area contributed by atoms with Gasteiger partial charge in [-0.15, -0.1) is 0 Å². The van der Waals surface area contributed by atoms with Gasteiger partial charge < -0.3 is 14.7 Å². The number of hydrogen-bond acceptors (Lipinski definition) is 5. The van der Waals surface area contributed by atoms with Crippen molar-refractivity contribution in [3.63, 3.8) is 0 Å². The molecule has 0 atom stereocenters. The number of morpholine rings is 1. The molecule has 0 bridgehead atoms. The molecule has 0 radical (unpaired) electrons. The lowest BCUT2D eigenvalue weighted by molar-refractivity contribution is -0.134. The summed E-state index contributed by atoms with van der Waals surface area (Å²) in [6.45, 7) is 1.68. The van der Waals surface area contributed by atoms with E-state index in [1.54, 1.807) is 4.90 Å². The molecular weight excluding hydrogens is 234 g/mol.